The van der Waals surface area contributed by atoms with Gasteiger partial charge in [-0.05, 0) is 44.1 Å². The molecule has 1 saturated heterocycles. The number of hydrogen-bond donors (Lipinski definition) is 1. The van der Waals surface area contributed by atoms with E-state index in [4.69, 9.17) is 4.74 Å². The highest BCUT2D eigenvalue weighted by molar-refractivity contribution is 7.91. The van der Waals surface area contributed by atoms with E-state index in [9.17, 15) is 13.2 Å². The zero-order chi connectivity index (χ0) is 17.7. The van der Waals surface area contributed by atoms with Crippen LogP contribution in [0.2, 0.25) is 0 Å². The second kappa shape index (κ2) is 7.98. The molecule has 1 unspecified atom stereocenters. The summed E-state index contributed by atoms with van der Waals surface area (Å²) in [7, 11) is -1.89. The van der Waals surface area contributed by atoms with Gasteiger partial charge in [0.05, 0.1) is 23.3 Å². The molecule has 1 aromatic carbocycles. The molecular weight excluding hydrogens is 328 g/mol. The Balaban J connectivity index is 2.11. The molecule has 0 saturated carbocycles. The number of nitrogens with one attached hydrogen (secondary N) is 1. The maximum absolute atomic E-state index is 12.4. The van der Waals surface area contributed by atoms with Crippen LogP contribution in [-0.2, 0) is 9.84 Å². The molecule has 6 nitrogen and oxygen atoms in total. The summed E-state index contributed by atoms with van der Waals surface area (Å²) in [4.78, 5) is 15.0. The van der Waals surface area contributed by atoms with Gasteiger partial charge in [-0.3, -0.25) is 9.69 Å². The standard InChI is InChI=1S/C17H26N2O4S/c1-4-19-10-6-7-13(19)12-18-17(20)15-9-8-14(11-16(15)23-3)24(21,22)5-2/h8-9,11,13H,4-7,10,12H2,1-3H3,(H,18,20). The number of hydrogen-bond acceptors (Lipinski definition) is 5. The van der Waals surface area contributed by atoms with Crippen LogP contribution in [-0.4, -0.2) is 57.8 Å². The molecule has 2 rings (SSSR count). The smallest absolute Gasteiger partial charge is 0.255 e. The average molecular weight is 354 g/mol. The molecule has 0 spiro atoms. The Morgan fingerprint density at radius 2 is 2.12 bits per heavy atom. The van der Waals surface area contributed by atoms with Crippen LogP contribution >= 0.6 is 0 Å². The van der Waals surface area contributed by atoms with E-state index in [1.54, 1.807) is 6.92 Å². The second-order valence-electron chi connectivity index (χ2n) is 5.90. The van der Waals surface area contributed by atoms with Gasteiger partial charge < -0.3 is 10.1 Å². The highest BCUT2D eigenvalue weighted by Gasteiger charge is 2.24. The van der Waals surface area contributed by atoms with E-state index in [-0.39, 0.29) is 22.3 Å². The van der Waals surface area contributed by atoms with Gasteiger partial charge in [0.25, 0.3) is 5.91 Å². The fourth-order valence-electron chi connectivity index (χ4n) is 3.07. The van der Waals surface area contributed by atoms with Crippen molar-refractivity contribution >= 4 is 15.7 Å². The molecule has 1 N–H and O–H groups in total. The van der Waals surface area contributed by atoms with Crippen molar-refractivity contribution in [1.29, 1.82) is 0 Å². The maximum atomic E-state index is 12.4. The van der Waals surface area contributed by atoms with Crippen LogP contribution in [0.5, 0.6) is 5.75 Å². The number of amides is 1. The van der Waals surface area contributed by atoms with Gasteiger partial charge in [-0.2, -0.15) is 0 Å². The van der Waals surface area contributed by atoms with Crippen molar-refractivity contribution in [2.45, 2.75) is 37.6 Å². The van der Waals surface area contributed by atoms with Gasteiger partial charge in [-0.15, -0.1) is 0 Å². The molecule has 1 amide bonds. The van der Waals surface area contributed by atoms with Crippen molar-refractivity contribution in [3.63, 3.8) is 0 Å². The topological polar surface area (TPSA) is 75.7 Å². The third kappa shape index (κ3) is 4.08. The van der Waals surface area contributed by atoms with Gasteiger partial charge in [-0.25, -0.2) is 8.42 Å². The molecule has 0 radical (unpaired) electrons. The number of carbonyl (C=O) groups is 1. The van der Waals surface area contributed by atoms with Gasteiger partial charge in [0, 0.05) is 12.6 Å². The SMILES string of the molecule is CCN1CCCC1CNC(=O)c1ccc(S(=O)(=O)CC)cc1OC. The first-order chi connectivity index (χ1) is 11.4. The predicted octanol–water partition coefficient (Wildman–Crippen LogP) is 1.70. The Morgan fingerprint density at radius 1 is 1.38 bits per heavy atom. The first-order valence-corrected chi connectivity index (χ1v) is 10.0. The van der Waals surface area contributed by atoms with Crippen molar-refractivity contribution < 1.29 is 17.9 Å². The van der Waals surface area contributed by atoms with Gasteiger partial charge in [0.15, 0.2) is 9.84 Å². The van der Waals surface area contributed by atoms with Crippen LogP contribution in [0, 0.1) is 0 Å². The molecule has 0 aliphatic carbocycles. The van der Waals surface area contributed by atoms with E-state index in [0.29, 0.717) is 18.2 Å². The Kier molecular flexibility index (Phi) is 6.23. The lowest BCUT2D eigenvalue weighted by molar-refractivity contribution is 0.0938. The van der Waals surface area contributed by atoms with E-state index in [0.717, 1.165) is 25.9 Å². The molecule has 1 atom stereocenters. The van der Waals surface area contributed by atoms with E-state index in [2.05, 4.69) is 17.1 Å². The molecule has 1 aliphatic heterocycles. The fraction of sp³-hybridized carbons (Fsp3) is 0.588. The van der Waals surface area contributed by atoms with Gasteiger partial charge in [-0.1, -0.05) is 13.8 Å². The number of benzene rings is 1. The lowest BCUT2D eigenvalue weighted by Gasteiger charge is -2.23. The van der Waals surface area contributed by atoms with Crippen molar-refractivity contribution in [3.05, 3.63) is 23.8 Å². The number of ether oxygens (including phenoxy) is 1. The lowest BCUT2D eigenvalue weighted by atomic mass is 10.1. The number of rotatable bonds is 7. The molecule has 1 fully saturated rings. The Bertz CT molecular complexity index is 688. The summed E-state index contributed by atoms with van der Waals surface area (Å²) in [5.74, 6) is 0.0482. The molecule has 24 heavy (non-hydrogen) atoms. The summed E-state index contributed by atoms with van der Waals surface area (Å²) in [6.07, 6.45) is 2.24. The summed E-state index contributed by atoms with van der Waals surface area (Å²) < 4.78 is 29.1. The average Bonchev–Trinajstić information content (AvgIpc) is 3.06. The van der Waals surface area contributed by atoms with Crippen molar-refractivity contribution in [2.75, 3.05) is 32.5 Å². The summed E-state index contributed by atoms with van der Waals surface area (Å²) in [5, 5.41) is 2.94. The summed E-state index contributed by atoms with van der Waals surface area (Å²) in [6.45, 7) is 6.35. The number of carbonyl (C=O) groups excluding carboxylic acids is 1. The van der Waals surface area contributed by atoms with Crippen molar-refractivity contribution in [3.8, 4) is 5.75 Å². The number of methoxy groups -OCH3 is 1. The highest BCUT2D eigenvalue weighted by atomic mass is 32.2. The first kappa shape index (κ1) is 18.7. The Labute approximate surface area is 144 Å². The molecular formula is C17H26N2O4S. The van der Waals surface area contributed by atoms with Gasteiger partial charge in [0.1, 0.15) is 5.75 Å². The zero-order valence-electron chi connectivity index (χ0n) is 14.5. The highest BCUT2D eigenvalue weighted by Crippen LogP contribution is 2.24. The van der Waals surface area contributed by atoms with Crippen LogP contribution in [0.25, 0.3) is 0 Å². The molecule has 1 aromatic rings. The molecule has 7 heteroatoms. The van der Waals surface area contributed by atoms with Crippen LogP contribution in [0.4, 0.5) is 0 Å². The van der Waals surface area contributed by atoms with E-state index in [1.165, 1.54) is 25.3 Å². The molecule has 1 heterocycles. The zero-order valence-corrected chi connectivity index (χ0v) is 15.4. The third-order valence-electron chi connectivity index (χ3n) is 4.56. The minimum Gasteiger partial charge on any atom is -0.496 e. The monoisotopic (exact) mass is 354 g/mol. The summed E-state index contributed by atoms with van der Waals surface area (Å²) in [5.41, 5.74) is 0.355. The summed E-state index contributed by atoms with van der Waals surface area (Å²) >= 11 is 0. The van der Waals surface area contributed by atoms with Gasteiger partial charge >= 0.3 is 0 Å². The number of likely N-dealkylation sites (tertiary alicyclic amines) is 1. The number of sulfone groups is 1. The second-order valence-corrected chi connectivity index (χ2v) is 8.18. The third-order valence-corrected chi connectivity index (χ3v) is 6.29. The largest absolute Gasteiger partial charge is 0.496 e. The maximum Gasteiger partial charge on any atom is 0.255 e. The van der Waals surface area contributed by atoms with Gasteiger partial charge in [0.2, 0.25) is 0 Å². The molecule has 134 valence electrons. The van der Waals surface area contributed by atoms with Crippen LogP contribution < -0.4 is 10.1 Å². The normalized spacial score (nSPS) is 18.5. The minimum atomic E-state index is -3.33. The number of likely N-dealkylation sites (N-methyl/N-ethyl adjacent to an activating group) is 1. The number of nitrogens with zero attached hydrogens (tertiary/aromatic N) is 1. The lowest BCUT2D eigenvalue weighted by Crippen LogP contribution is -2.40. The summed E-state index contributed by atoms with van der Waals surface area (Å²) in [6, 6.07) is 4.76. The van der Waals surface area contributed by atoms with Crippen molar-refractivity contribution in [1.82, 2.24) is 10.2 Å². The first-order valence-electron chi connectivity index (χ1n) is 8.36. The minimum absolute atomic E-state index is 0.0101. The molecule has 0 aromatic heterocycles. The van der Waals surface area contributed by atoms with E-state index < -0.39 is 9.84 Å². The van der Waals surface area contributed by atoms with Crippen molar-refractivity contribution in [2.24, 2.45) is 0 Å². The van der Waals surface area contributed by atoms with Crippen LogP contribution in [0.15, 0.2) is 23.1 Å². The van der Waals surface area contributed by atoms with E-state index in [1.807, 2.05) is 0 Å². The molecule has 1 aliphatic rings. The molecule has 0 bridgehead atoms. The van der Waals surface area contributed by atoms with E-state index >= 15 is 0 Å². The Hall–Kier alpha value is -1.60. The Morgan fingerprint density at radius 3 is 2.75 bits per heavy atom. The van der Waals surface area contributed by atoms with Crippen LogP contribution in [0.1, 0.15) is 37.0 Å². The quantitative estimate of drug-likeness (QED) is 0.807. The predicted molar refractivity (Wildman–Crippen MR) is 93.3 cm³/mol. The fourth-order valence-corrected chi connectivity index (χ4v) is 3.96. The van der Waals surface area contributed by atoms with Crippen LogP contribution in [0.3, 0.4) is 0 Å².